The Morgan fingerprint density at radius 2 is 1.76 bits per heavy atom. The molecule has 0 aliphatic carbocycles. The van der Waals surface area contributed by atoms with Crippen LogP contribution in [0.25, 0.3) is 6.08 Å². The number of rotatable bonds is 3. The highest BCUT2D eigenvalue weighted by Gasteiger charge is 1.94. The predicted molar refractivity (Wildman–Crippen MR) is 66.0 cm³/mol. The second kappa shape index (κ2) is 6.15. The highest BCUT2D eigenvalue weighted by molar-refractivity contribution is 5.58. The van der Waals surface area contributed by atoms with Crippen LogP contribution in [0.4, 0.5) is 0 Å². The van der Waals surface area contributed by atoms with Crippen LogP contribution in [0.2, 0.25) is 0 Å². The summed E-state index contributed by atoms with van der Waals surface area (Å²) in [4.78, 5) is 0. The van der Waals surface area contributed by atoms with E-state index < -0.39 is 0 Å². The fraction of sp³-hybridized carbons (Fsp3) is 0.143. The molecule has 0 heterocycles. The fourth-order valence-electron chi connectivity index (χ4n) is 1.32. The van der Waals surface area contributed by atoms with Crippen molar-refractivity contribution in [2.24, 2.45) is 0 Å². The fourth-order valence-corrected chi connectivity index (χ4v) is 1.32. The number of allylic oxidation sites excluding steroid dienone is 3. The summed E-state index contributed by atoms with van der Waals surface area (Å²) in [6, 6.07) is 11.2. The van der Waals surface area contributed by atoms with Gasteiger partial charge in [-0.1, -0.05) is 18.2 Å². The van der Waals surface area contributed by atoms with Crippen molar-refractivity contribution in [1.82, 2.24) is 0 Å². The van der Waals surface area contributed by atoms with Gasteiger partial charge in [-0.25, -0.2) is 0 Å². The second-order valence-electron chi connectivity index (χ2n) is 3.44. The molecule has 0 fully saturated rings. The van der Waals surface area contributed by atoms with Crippen molar-refractivity contribution in [2.45, 2.75) is 6.92 Å². The Balaban J connectivity index is 2.92. The van der Waals surface area contributed by atoms with Gasteiger partial charge >= 0.3 is 0 Å². The minimum atomic E-state index is 0.104. The van der Waals surface area contributed by atoms with Crippen molar-refractivity contribution < 1.29 is 4.74 Å². The third kappa shape index (κ3) is 3.85. The topological polar surface area (TPSA) is 56.8 Å². The Bertz CT molecular complexity index is 509. The first-order valence-electron chi connectivity index (χ1n) is 5.04. The van der Waals surface area contributed by atoms with Gasteiger partial charge in [0.1, 0.15) is 23.5 Å². The van der Waals surface area contributed by atoms with E-state index in [2.05, 4.69) is 0 Å². The van der Waals surface area contributed by atoms with E-state index in [1.807, 2.05) is 49.4 Å². The summed E-state index contributed by atoms with van der Waals surface area (Å²) in [5.41, 5.74) is 1.95. The molecule has 1 rings (SSSR count). The molecule has 1 aromatic carbocycles. The third-order valence-corrected chi connectivity index (χ3v) is 2.12. The number of ether oxygens (including phenoxy) is 1. The molecule has 0 aliphatic heterocycles. The monoisotopic (exact) mass is 224 g/mol. The minimum Gasteiger partial charge on any atom is -0.497 e. The minimum absolute atomic E-state index is 0.104. The van der Waals surface area contributed by atoms with Gasteiger partial charge in [0.15, 0.2) is 0 Å². The van der Waals surface area contributed by atoms with Gasteiger partial charge in [0.05, 0.1) is 7.11 Å². The number of nitriles is 2. The van der Waals surface area contributed by atoms with E-state index in [1.54, 1.807) is 13.2 Å². The Kier molecular flexibility index (Phi) is 4.54. The molecule has 3 heteroatoms. The molecule has 0 atom stereocenters. The van der Waals surface area contributed by atoms with Crippen molar-refractivity contribution in [3.8, 4) is 17.9 Å². The first kappa shape index (κ1) is 12.5. The van der Waals surface area contributed by atoms with Crippen LogP contribution in [0, 0.1) is 22.7 Å². The summed E-state index contributed by atoms with van der Waals surface area (Å²) in [6.45, 7) is 1.85. The SMILES string of the molecule is COc1ccc(/C=C(\C)C=C(C#N)C#N)cc1. The zero-order valence-corrected chi connectivity index (χ0v) is 9.77. The summed E-state index contributed by atoms with van der Waals surface area (Å²) in [7, 11) is 1.62. The lowest BCUT2D eigenvalue weighted by Gasteiger charge is -2.00. The molecule has 84 valence electrons. The smallest absolute Gasteiger partial charge is 0.129 e. The molecule has 1 aromatic rings. The molecule has 17 heavy (non-hydrogen) atoms. The zero-order chi connectivity index (χ0) is 12.7. The van der Waals surface area contributed by atoms with Crippen molar-refractivity contribution in [1.29, 1.82) is 10.5 Å². The molecule has 0 unspecified atom stereocenters. The Morgan fingerprint density at radius 3 is 2.24 bits per heavy atom. The van der Waals surface area contributed by atoms with Gasteiger partial charge in [-0.05, 0) is 36.3 Å². The van der Waals surface area contributed by atoms with E-state index in [9.17, 15) is 0 Å². The van der Waals surface area contributed by atoms with Gasteiger partial charge < -0.3 is 4.74 Å². The zero-order valence-electron chi connectivity index (χ0n) is 9.77. The lowest BCUT2D eigenvalue weighted by atomic mass is 10.1. The maximum Gasteiger partial charge on any atom is 0.129 e. The predicted octanol–water partition coefficient (Wildman–Crippen LogP) is 3.07. The molecule has 0 radical (unpaired) electrons. The number of nitrogens with zero attached hydrogens (tertiary/aromatic N) is 2. The Labute approximate surface area is 101 Å². The molecule has 0 saturated heterocycles. The van der Waals surface area contributed by atoms with Crippen LogP contribution in [0.15, 0.2) is 41.5 Å². The van der Waals surface area contributed by atoms with E-state index in [1.165, 1.54) is 0 Å². The van der Waals surface area contributed by atoms with E-state index in [-0.39, 0.29) is 5.57 Å². The highest BCUT2D eigenvalue weighted by atomic mass is 16.5. The normalized spacial score (nSPS) is 10.0. The van der Waals surface area contributed by atoms with Gasteiger partial charge in [0.25, 0.3) is 0 Å². The maximum absolute atomic E-state index is 8.62. The number of benzene rings is 1. The first-order valence-corrected chi connectivity index (χ1v) is 5.04. The lowest BCUT2D eigenvalue weighted by Crippen LogP contribution is -1.82. The van der Waals surface area contributed by atoms with Crippen LogP contribution >= 0.6 is 0 Å². The quantitative estimate of drug-likeness (QED) is 0.585. The van der Waals surface area contributed by atoms with E-state index in [4.69, 9.17) is 15.3 Å². The second-order valence-corrected chi connectivity index (χ2v) is 3.44. The van der Waals surface area contributed by atoms with Crippen LogP contribution in [0.5, 0.6) is 5.75 Å². The average Bonchev–Trinajstić information content (AvgIpc) is 2.37. The molecule has 0 amide bonds. The van der Waals surface area contributed by atoms with Gasteiger partial charge in [-0.3, -0.25) is 0 Å². The summed E-state index contributed by atoms with van der Waals surface area (Å²) in [5, 5.41) is 17.2. The van der Waals surface area contributed by atoms with Crippen LogP contribution < -0.4 is 4.74 Å². The van der Waals surface area contributed by atoms with Gasteiger partial charge in [0, 0.05) is 0 Å². The molecule has 3 nitrogen and oxygen atoms in total. The Hall–Kier alpha value is -2.52. The average molecular weight is 224 g/mol. The molecular formula is C14H12N2O. The van der Waals surface area contributed by atoms with E-state index in [0.717, 1.165) is 16.9 Å². The van der Waals surface area contributed by atoms with Crippen LogP contribution in [-0.4, -0.2) is 7.11 Å². The van der Waals surface area contributed by atoms with Crippen molar-refractivity contribution >= 4 is 6.08 Å². The van der Waals surface area contributed by atoms with Gasteiger partial charge in [-0.15, -0.1) is 0 Å². The van der Waals surface area contributed by atoms with Gasteiger partial charge in [-0.2, -0.15) is 10.5 Å². The summed E-state index contributed by atoms with van der Waals surface area (Å²) in [5.74, 6) is 0.796. The summed E-state index contributed by atoms with van der Waals surface area (Å²) < 4.78 is 5.05. The van der Waals surface area contributed by atoms with Crippen LogP contribution in [0.1, 0.15) is 12.5 Å². The molecule has 0 aromatic heterocycles. The van der Waals surface area contributed by atoms with E-state index >= 15 is 0 Å². The van der Waals surface area contributed by atoms with Gasteiger partial charge in [0.2, 0.25) is 0 Å². The summed E-state index contributed by atoms with van der Waals surface area (Å²) in [6.07, 6.45) is 3.46. The lowest BCUT2D eigenvalue weighted by molar-refractivity contribution is 0.415. The van der Waals surface area contributed by atoms with Crippen LogP contribution in [-0.2, 0) is 0 Å². The number of methoxy groups -OCH3 is 1. The number of hydrogen-bond acceptors (Lipinski definition) is 3. The molecule has 0 bridgehead atoms. The maximum atomic E-state index is 8.62. The van der Waals surface area contributed by atoms with E-state index in [0.29, 0.717) is 0 Å². The summed E-state index contributed by atoms with van der Waals surface area (Å²) >= 11 is 0. The van der Waals surface area contributed by atoms with Crippen molar-refractivity contribution in [3.05, 3.63) is 47.1 Å². The first-order chi connectivity index (χ1) is 8.19. The molecular weight excluding hydrogens is 212 g/mol. The largest absolute Gasteiger partial charge is 0.497 e. The number of hydrogen-bond donors (Lipinski definition) is 0. The molecule has 0 spiro atoms. The standard InChI is InChI=1S/C14H12N2O/c1-11(8-13(9-15)10-16)7-12-3-5-14(17-2)6-4-12/h3-8H,1-2H3/b11-7+. The van der Waals surface area contributed by atoms with Crippen LogP contribution in [0.3, 0.4) is 0 Å². The molecule has 0 N–H and O–H groups in total. The Morgan fingerprint density at radius 1 is 1.18 bits per heavy atom. The molecule has 0 aliphatic rings. The third-order valence-electron chi connectivity index (χ3n) is 2.12. The molecule has 0 saturated carbocycles. The van der Waals surface area contributed by atoms with Crippen molar-refractivity contribution in [2.75, 3.05) is 7.11 Å². The highest BCUT2D eigenvalue weighted by Crippen LogP contribution is 2.14. The van der Waals surface area contributed by atoms with Crippen molar-refractivity contribution in [3.63, 3.8) is 0 Å².